The van der Waals surface area contributed by atoms with Crippen molar-refractivity contribution in [1.29, 1.82) is 0 Å². The van der Waals surface area contributed by atoms with Crippen molar-refractivity contribution in [3.8, 4) is 0 Å². The highest BCUT2D eigenvalue weighted by molar-refractivity contribution is 7.99. The summed E-state index contributed by atoms with van der Waals surface area (Å²) in [4.78, 5) is 0. The smallest absolute Gasteiger partial charge is 0.0663 e. The van der Waals surface area contributed by atoms with Crippen LogP contribution in [0.5, 0.6) is 0 Å². The quantitative estimate of drug-likeness (QED) is 0.383. The Morgan fingerprint density at radius 3 is 1.57 bits per heavy atom. The van der Waals surface area contributed by atoms with Crippen LogP contribution in [-0.4, -0.2) is 27.7 Å². The molecule has 3 heteroatoms. The average molecular weight is 364 g/mol. The fraction of sp³-hybridized carbons (Fsp3) is 0.600. The molecule has 0 fully saturated rings. The van der Waals surface area contributed by atoms with Crippen molar-refractivity contribution in [3.05, 3.63) is 41.2 Å². The first-order chi connectivity index (χ1) is 10.3. The summed E-state index contributed by atoms with van der Waals surface area (Å²) in [5, 5.41) is 3.69. The molecule has 1 aromatic carbocycles. The van der Waals surface area contributed by atoms with Crippen molar-refractivity contribution in [2.45, 2.75) is 60.1 Å². The lowest BCUT2D eigenvalue weighted by Crippen LogP contribution is -2.33. The molecule has 0 saturated heterocycles. The number of hydrogen-bond donors (Lipinski definition) is 0. The monoisotopic (exact) mass is 363 g/mol. The molecule has 0 aromatic heterocycles. The molecule has 1 aromatic rings. The van der Waals surface area contributed by atoms with Crippen LogP contribution in [0.1, 0.15) is 26.3 Å². The molecule has 2 rings (SSSR count). The molecule has 0 saturated carbocycles. The van der Waals surface area contributed by atoms with Crippen LogP contribution in [0.25, 0.3) is 5.31 Å². The second-order valence-corrected chi connectivity index (χ2v) is 26.3. The molecule has 1 heterocycles. The Bertz CT molecular complexity index is 579. The minimum atomic E-state index is -1.10. The van der Waals surface area contributed by atoms with Crippen molar-refractivity contribution >= 4 is 28.7 Å². The Kier molecular flexibility index (Phi) is 4.97. The van der Waals surface area contributed by atoms with E-state index in [2.05, 4.69) is 90.4 Å². The lowest BCUT2D eigenvalue weighted by atomic mass is 9.95. The van der Waals surface area contributed by atoms with Crippen molar-refractivity contribution < 1.29 is 0 Å². The molecule has 0 nitrogen and oxygen atoms in total. The average Bonchev–Trinajstić information content (AvgIpc) is 2.92. The lowest BCUT2D eigenvalue weighted by molar-refractivity contribution is 0.539. The summed E-state index contributed by atoms with van der Waals surface area (Å²) in [5.41, 5.74) is 1.86. The maximum atomic E-state index is 2.57. The maximum absolute atomic E-state index is 2.57. The second-order valence-electron chi connectivity index (χ2n) is 10.7. The first kappa shape index (κ1) is 19.2. The largest absolute Gasteiger partial charge is 0.144 e. The standard InChI is InChI=1S/C20H36PSi2/c1-20(2,3)19-18(17-13-11-10-12-14-17)21(19,15-22(4,5)6)16-23(7,8)9/h10-14H,15-16H2,1-9H3/q+1. The van der Waals surface area contributed by atoms with E-state index >= 15 is 0 Å². The summed E-state index contributed by atoms with van der Waals surface area (Å²) < 4.78 is 0. The van der Waals surface area contributed by atoms with Crippen LogP contribution in [-0.2, 0) is 0 Å². The maximum Gasteiger partial charge on any atom is 0.144 e. The third kappa shape index (κ3) is 4.47. The topological polar surface area (TPSA) is 0 Å². The molecule has 23 heavy (non-hydrogen) atoms. The Morgan fingerprint density at radius 2 is 1.22 bits per heavy atom. The van der Waals surface area contributed by atoms with Gasteiger partial charge in [0, 0.05) is 11.0 Å². The Balaban J connectivity index is 2.54. The summed E-state index contributed by atoms with van der Waals surface area (Å²) in [7, 11) is -3.23. The minimum absolute atomic E-state index is 0.332. The third-order valence-corrected chi connectivity index (χ3v) is 19.0. The van der Waals surface area contributed by atoms with Gasteiger partial charge in [-0.05, 0) is 0 Å². The van der Waals surface area contributed by atoms with E-state index in [1.165, 1.54) is 17.1 Å². The van der Waals surface area contributed by atoms with Crippen LogP contribution in [0.2, 0.25) is 39.3 Å². The van der Waals surface area contributed by atoms with E-state index in [1.54, 1.807) is 0 Å². The van der Waals surface area contributed by atoms with Gasteiger partial charge in [0.1, 0.15) is 10.6 Å². The van der Waals surface area contributed by atoms with Crippen LogP contribution in [0.4, 0.5) is 0 Å². The van der Waals surface area contributed by atoms with E-state index < -0.39 is 23.4 Å². The van der Waals surface area contributed by atoms with E-state index in [1.807, 2.05) is 10.6 Å². The third-order valence-electron chi connectivity index (χ3n) is 4.28. The molecule has 0 aliphatic carbocycles. The van der Waals surface area contributed by atoms with Gasteiger partial charge in [-0.1, -0.05) is 90.4 Å². The number of benzene rings is 1. The zero-order chi connectivity index (χ0) is 17.7. The SMILES string of the molecule is CC(C)(C)C1=C(c2ccccc2)[P+]1(C[Si](C)(C)C)C[Si](C)(C)C. The Hall–Kier alpha value is -0.176. The predicted octanol–water partition coefficient (Wildman–Crippen LogP) is 7.19. The van der Waals surface area contributed by atoms with Crippen molar-refractivity contribution in [2.75, 3.05) is 11.6 Å². The molecular weight excluding hydrogens is 327 g/mol. The van der Waals surface area contributed by atoms with Crippen molar-refractivity contribution in [3.63, 3.8) is 0 Å². The van der Waals surface area contributed by atoms with Gasteiger partial charge in [0.15, 0.2) is 0 Å². The molecule has 0 atom stereocenters. The highest BCUT2D eigenvalue weighted by Crippen LogP contribution is 2.93. The van der Waals surface area contributed by atoms with Gasteiger partial charge < -0.3 is 0 Å². The summed E-state index contributed by atoms with van der Waals surface area (Å²) >= 11 is 0. The van der Waals surface area contributed by atoms with E-state index in [9.17, 15) is 0 Å². The van der Waals surface area contributed by atoms with Gasteiger partial charge in [-0.15, -0.1) is 0 Å². The fourth-order valence-electron chi connectivity index (χ4n) is 4.28. The predicted molar refractivity (Wildman–Crippen MR) is 116 cm³/mol. The second kappa shape index (κ2) is 5.97. The molecule has 128 valence electrons. The first-order valence-corrected chi connectivity index (χ1v) is 18.5. The normalized spacial score (nSPS) is 18.3. The molecule has 0 bridgehead atoms. The number of allylic oxidation sites excluding steroid dienone is 1. The van der Waals surface area contributed by atoms with Crippen LogP contribution >= 0.6 is 7.26 Å². The van der Waals surface area contributed by atoms with E-state index in [-0.39, 0.29) is 0 Å². The van der Waals surface area contributed by atoms with Gasteiger partial charge in [0.05, 0.1) is 35.0 Å². The minimum Gasteiger partial charge on any atom is -0.0663 e. The summed E-state index contributed by atoms with van der Waals surface area (Å²) in [5.74, 6) is 3.06. The van der Waals surface area contributed by atoms with Crippen LogP contribution in [0, 0.1) is 5.41 Å². The van der Waals surface area contributed by atoms with Gasteiger partial charge in [-0.25, -0.2) is 0 Å². The number of rotatable bonds is 5. The van der Waals surface area contributed by atoms with Crippen molar-refractivity contribution in [1.82, 2.24) is 0 Å². The number of hydrogen-bond acceptors (Lipinski definition) is 0. The lowest BCUT2D eigenvalue weighted by Gasteiger charge is -2.28. The van der Waals surface area contributed by atoms with Gasteiger partial charge in [-0.3, -0.25) is 0 Å². The molecular formula is C20H36PSi2+. The zero-order valence-electron chi connectivity index (χ0n) is 16.7. The van der Waals surface area contributed by atoms with Crippen LogP contribution in [0.15, 0.2) is 35.6 Å². The van der Waals surface area contributed by atoms with Gasteiger partial charge in [-0.2, -0.15) is 0 Å². The molecule has 0 radical (unpaired) electrons. The molecule has 0 unspecified atom stereocenters. The van der Waals surface area contributed by atoms with Gasteiger partial charge in [0.2, 0.25) is 0 Å². The van der Waals surface area contributed by atoms with E-state index in [0.717, 1.165) is 0 Å². The summed E-state index contributed by atoms with van der Waals surface area (Å²) in [6, 6.07) is 11.3. The van der Waals surface area contributed by atoms with Crippen LogP contribution in [0.3, 0.4) is 0 Å². The molecule has 1 aliphatic heterocycles. The highest BCUT2D eigenvalue weighted by Gasteiger charge is 2.68. The Morgan fingerprint density at radius 1 is 0.783 bits per heavy atom. The molecule has 1 aliphatic rings. The Labute approximate surface area is 147 Å². The molecule has 0 amide bonds. The van der Waals surface area contributed by atoms with Crippen LogP contribution < -0.4 is 0 Å². The van der Waals surface area contributed by atoms with E-state index in [4.69, 9.17) is 0 Å². The van der Waals surface area contributed by atoms with Crippen molar-refractivity contribution in [2.24, 2.45) is 5.41 Å². The fourth-order valence-corrected chi connectivity index (χ4v) is 24.7. The first-order valence-electron chi connectivity index (χ1n) is 8.95. The summed E-state index contributed by atoms with van der Waals surface area (Å²) in [6.45, 7) is 22.8. The molecule has 0 spiro atoms. The molecule has 0 N–H and O–H groups in total. The van der Waals surface area contributed by atoms with Gasteiger partial charge in [0.25, 0.3) is 0 Å². The van der Waals surface area contributed by atoms with E-state index in [0.29, 0.717) is 5.41 Å². The summed E-state index contributed by atoms with van der Waals surface area (Å²) in [6.07, 6.45) is 0. The van der Waals surface area contributed by atoms with Gasteiger partial charge >= 0.3 is 0 Å². The zero-order valence-corrected chi connectivity index (χ0v) is 19.6. The highest BCUT2D eigenvalue weighted by atomic mass is 31.2.